The molecule has 2 fully saturated rings. The summed E-state index contributed by atoms with van der Waals surface area (Å²) in [6.45, 7) is 0. The van der Waals surface area contributed by atoms with Crippen LogP contribution in [0.15, 0.2) is 119 Å². The van der Waals surface area contributed by atoms with Gasteiger partial charge in [-0.2, -0.15) is 0 Å². The van der Waals surface area contributed by atoms with Gasteiger partial charge >= 0.3 is 0 Å². The summed E-state index contributed by atoms with van der Waals surface area (Å²) < 4.78 is 2.70. The maximum absolute atomic E-state index is 4.15. The van der Waals surface area contributed by atoms with Gasteiger partial charge in [0.1, 0.15) is 0 Å². The summed E-state index contributed by atoms with van der Waals surface area (Å²) in [6.07, 6.45) is 70.4. The Hall–Kier alpha value is -4.12. The lowest BCUT2D eigenvalue weighted by molar-refractivity contribution is 0.230. The van der Waals surface area contributed by atoms with Crippen molar-refractivity contribution in [2.24, 2.45) is 29.6 Å². The van der Waals surface area contributed by atoms with Gasteiger partial charge in [-0.3, -0.25) is 10.6 Å². The second-order valence-electron chi connectivity index (χ2n) is 20.8. The van der Waals surface area contributed by atoms with Crippen molar-refractivity contribution in [1.82, 2.24) is 20.1 Å². The minimum absolute atomic E-state index is 0.194. The lowest BCUT2D eigenvalue weighted by atomic mass is 9.73. The molecule has 11 aliphatic rings. The van der Waals surface area contributed by atoms with Crippen molar-refractivity contribution < 1.29 is 0 Å². The molecular formula is C58H70N4. The fourth-order valence-electron chi connectivity index (χ4n) is 14.1. The third-order valence-electron chi connectivity index (χ3n) is 17.2. The van der Waals surface area contributed by atoms with Crippen molar-refractivity contribution in [2.75, 3.05) is 0 Å². The highest BCUT2D eigenvalue weighted by Gasteiger charge is 2.47. The molecule has 1 aromatic heterocycles. The third kappa shape index (κ3) is 7.30. The maximum Gasteiger partial charge on any atom is 0.0839 e. The van der Waals surface area contributed by atoms with Gasteiger partial charge in [0.2, 0.25) is 0 Å². The summed E-state index contributed by atoms with van der Waals surface area (Å²) in [7, 11) is 0. The van der Waals surface area contributed by atoms with Gasteiger partial charge in [0.05, 0.1) is 18.2 Å². The molecule has 8 unspecified atom stereocenters. The first-order valence-corrected chi connectivity index (χ1v) is 25.5. The predicted molar refractivity (Wildman–Crippen MR) is 259 cm³/mol. The second-order valence-corrected chi connectivity index (χ2v) is 20.8. The first-order chi connectivity index (χ1) is 30.7. The van der Waals surface area contributed by atoms with E-state index in [1.807, 2.05) is 0 Å². The number of likely N-dealkylation sites (tertiary alicyclic amines) is 1. The molecule has 12 rings (SSSR count). The molecule has 0 bridgehead atoms. The molecule has 10 atom stereocenters. The van der Waals surface area contributed by atoms with Gasteiger partial charge in [0, 0.05) is 46.4 Å². The van der Waals surface area contributed by atoms with Crippen LogP contribution in [0, 0.1) is 29.6 Å². The number of hydrogen-bond acceptors (Lipinski definition) is 3. The highest BCUT2D eigenvalue weighted by molar-refractivity contribution is 5.66. The van der Waals surface area contributed by atoms with E-state index in [0.717, 1.165) is 44.9 Å². The predicted octanol–water partition coefficient (Wildman–Crippen LogP) is 11.2. The number of rotatable bonds is 7. The number of nitrogens with zero attached hydrogens (tertiary/aromatic N) is 2. The standard InChI is InChI=1S/C58H70N4/c1-4-15-39(16-5-1)42-19-14-20-45(35-42)53-38-52(59-58(60-53)41-17-6-2-7-18-41)40-27-31-47(32-28-40)62-55-26-13-11-24-49(55)51-37-44(30-34-57(51)62)43-29-33-56-50(36-43)48-23-10-12-25-54(48)61(56)46-21-8-3-9-22-46/h4,6,12,14-15,17-19,21,24-27,30-31,34-36,39,43-45,48,52-54,56,58-60H,1-3,5,7-11,13,16,20,22-23,28-29,32-33,37-38H2/t39-,43?,44+,45?,48?,52?,53?,54?,56?,58?/m0/s1. The van der Waals surface area contributed by atoms with E-state index < -0.39 is 0 Å². The van der Waals surface area contributed by atoms with E-state index in [2.05, 4.69) is 129 Å². The quantitative estimate of drug-likeness (QED) is 0.269. The molecule has 2 N–H and O–H groups in total. The Morgan fingerprint density at radius 2 is 1.55 bits per heavy atom. The van der Waals surface area contributed by atoms with Gasteiger partial charge in [-0.1, -0.05) is 103 Å². The average molecular weight is 823 g/mol. The SMILES string of the molecule is C1=CC(C2NC(C3=CC=C(n4c5c(c6c4=CCCC=6)C[C@H](C4C=C6C7CCC=CC7N(C7=CCCCC7)C6CC4)C=C5)CC3)CC(C3C=C([C@H]4C=CCCC4)C=CC3)N2)=CCC1. The first-order valence-electron chi connectivity index (χ1n) is 25.5. The van der Waals surface area contributed by atoms with Crippen LogP contribution in [0.3, 0.4) is 0 Å². The lowest BCUT2D eigenvalue weighted by Gasteiger charge is -2.43. The van der Waals surface area contributed by atoms with E-state index >= 15 is 0 Å². The molecule has 2 aliphatic heterocycles. The topological polar surface area (TPSA) is 32.2 Å². The third-order valence-corrected chi connectivity index (χ3v) is 17.2. The van der Waals surface area contributed by atoms with E-state index in [1.54, 1.807) is 33.2 Å². The summed E-state index contributed by atoms with van der Waals surface area (Å²) >= 11 is 0. The van der Waals surface area contributed by atoms with Gasteiger partial charge in [-0.15, -0.1) is 0 Å². The lowest BCUT2D eigenvalue weighted by Crippen LogP contribution is -2.61. The van der Waals surface area contributed by atoms with Crippen LogP contribution in [0.1, 0.15) is 133 Å². The molecule has 0 spiro atoms. The first kappa shape index (κ1) is 39.5. The maximum atomic E-state index is 4.15. The Kier molecular flexibility index (Phi) is 10.9. The Balaban J connectivity index is 0.813. The number of fused-ring (bicyclic) bond motifs is 6. The molecule has 0 amide bonds. The molecule has 0 aromatic carbocycles. The van der Waals surface area contributed by atoms with Crippen molar-refractivity contribution >= 4 is 23.9 Å². The highest BCUT2D eigenvalue weighted by atomic mass is 15.2. The summed E-state index contributed by atoms with van der Waals surface area (Å²) in [5, 5.41) is 11.3. The number of nitrogens with one attached hydrogen (secondary N) is 2. The smallest absolute Gasteiger partial charge is 0.0839 e. The van der Waals surface area contributed by atoms with Gasteiger partial charge < -0.3 is 9.47 Å². The van der Waals surface area contributed by atoms with Crippen LogP contribution in [0.25, 0.3) is 23.9 Å². The second kappa shape index (κ2) is 17.1. The molecule has 62 heavy (non-hydrogen) atoms. The van der Waals surface area contributed by atoms with Gasteiger partial charge in [-0.25, -0.2) is 0 Å². The van der Waals surface area contributed by atoms with Crippen molar-refractivity contribution in [3.8, 4) is 0 Å². The minimum atomic E-state index is 0.194. The van der Waals surface area contributed by atoms with Crippen LogP contribution in [-0.4, -0.2) is 39.8 Å². The van der Waals surface area contributed by atoms with Crippen LogP contribution >= 0.6 is 0 Å². The largest absolute Gasteiger partial charge is 0.361 e. The van der Waals surface area contributed by atoms with E-state index in [-0.39, 0.29) is 6.17 Å². The average Bonchev–Trinajstić information content (AvgIpc) is 3.87. The normalized spacial score (nSPS) is 36.1. The molecule has 1 aromatic rings. The molecule has 9 aliphatic carbocycles. The van der Waals surface area contributed by atoms with Crippen LogP contribution in [0.4, 0.5) is 0 Å². The number of allylic oxidation sites excluding steroid dienone is 15. The van der Waals surface area contributed by atoms with Gasteiger partial charge in [0.15, 0.2) is 0 Å². The van der Waals surface area contributed by atoms with Crippen molar-refractivity contribution in [1.29, 1.82) is 0 Å². The monoisotopic (exact) mass is 823 g/mol. The molecule has 3 heterocycles. The fraction of sp³-hybridized carbons (Fsp3) is 0.517. The van der Waals surface area contributed by atoms with Crippen molar-refractivity contribution in [2.45, 2.75) is 159 Å². The van der Waals surface area contributed by atoms with Crippen LogP contribution in [-0.2, 0) is 6.42 Å². The fourth-order valence-corrected chi connectivity index (χ4v) is 14.1. The van der Waals surface area contributed by atoms with Crippen molar-refractivity contribution in [3.63, 3.8) is 0 Å². The van der Waals surface area contributed by atoms with E-state index in [4.69, 9.17) is 0 Å². The Morgan fingerprint density at radius 3 is 2.42 bits per heavy atom. The Morgan fingerprint density at radius 1 is 0.613 bits per heavy atom. The molecule has 0 saturated carbocycles. The Labute approximate surface area is 371 Å². The zero-order valence-electron chi connectivity index (χ0n) is 37.2. The van der Waals surface area contributed by atoms with E-state index in [1.165, 1.54) is 106 Å². The Bertz CT molecular complexity index is 2410. The molecule has 4 nitrogen and oxygen atoms in total. The molecular weight excluding hydrogens is 753 g/mol. The number of aromatic nitrogens is 1. The van der Waals surface area contributed by atoms with Crippen LogP contribution < -0.4 is 21.2 Å². The summed E-state index contributed by atoms with van der Waals surface area (Å²) in [5.41, 5.74) is 12.6. The highest BCUT2D eigenvalue weighted by Crippen LogP contribution is 2.50. The molecule has 322 valence electrons. The number of hydrogen-bond donors (Lipinski definition) is 2. The summed E-state index contributed by atoms with van der Waals surface area (Å²) in [6, 6.07) is 2.03. The van der Waals surface area contributed by atoms with Crippen molar-refractivity contribution in [3.05, 3.63) is 141 Å². The van der Waals surface area contributed by atoms with Crippen LogP contribution in [0.2, 0.25) is 0 Å². The minimum Gasteiger partial charge on any atom is -0.361 e. The van der Waals surface area contributed by atoms with E-state index in [9.17, 15) is 0 Å². The van der Waals surface area contributed by atoms with Gasteiger partial charge in [-0.05, 0) is 186 Å². The van der Waals surface area contributed by atoms with Crippen LogP contribution in [0.5, 0.6) is 0 Å². The van der Waals surface area contributed by atoms with Gasteiger partial charge in [0.25, 0.3) is 0 Å². The molecule has 2 saturated heterocycles. The zero-order valence-corrected chi connectivity index (χ0v) is 37.2. The molecule has 0 radical (unpaired) electrons. The molecule has 4 heteroatoms. The zero-order chi connectivity index (χ0) is 41.0. The summed E-state index contributed by atoms with van der Waals surface area (Å²) in [4.78, 5) is 2.91. The van der Waals surface area contributed by atoms with E-state index in [0.29, 0.717) is 53.8 Å². The summed E-state index contributed by atoms with van der Waals surface area (Å²) in [5.74, 6) is 3.06.